The van der Waals surface area contributed by atoms with E-state index in [4.69, 9.17) is 0 Å². The number of likely N-dealkylation sites (N-methyl/N-ethyl adjacent to an activating group) is 1. The van der Waals surface area contributed by atoms with Gasteiger partial charge in [-0.3, -0.25) is 9.79 Å². The molecule has 30 heavy (non-hydrogen) atoms. The molecule has 4 heterocycles. The zero-order chi connectivity index (χ0) is 20.3. The number of nitrogens with zero attached hydrogens (tertiary/aromatic N) is 5. The molecule has 3 aliphatic rings. The number of halogens is 1. The lowest BCUT2D eigenvalue weighted by molar-refractivity contribution is -0.119. The van der Waals surface area contributed by atoms with E-state index in [1.165, 1.54) is 5.56 Å². The van der Waals surface area contributed by atoms with Gasteiger partial charge in [-0.05, 0) is 26.0 Å². The fourth-order valence-corrected chi connectivity index (χ4v) is 4.81. The van der Waals surface area contributed by atoms with Crippen LogP contribution < -0.4 is 15.5 Å². The van der Waals surface area contributed by atoms with Crippen molar-refractivity contribution in [1.82, 2.24) is 25.4 Å². The molecule has 1 aromatic heterocycles. The van der Waals surface area contributed by atoms with Gasteiger partial charge in [0, 0.05) is 83.0 Å². The summed E-state index contributed by atoms with van der Waals surface area (Å²) < 4.78 is 0. The Hall–Kier alpha value is -1.62. The predicted molar refractivity (Wildman–Crippen MR) is 130 cm³/mol. The first-order chi connectivity index (χ1) is 14.1. The summed E-state index contributed by atoms with van der Waals surface area (Å²) in [6.45, 7) is 7.48. The highest BCUT2D eigenvalue weighted by atomic mass is 127. The van der Waals surface area contributed by atoms with Gasteiger partial charge in [0.25, 0.3) is 0 Å². The van der Waals surface area contributed by atoms with Gasteiger partial charge in [0.15, 0.2) is 5.96 Å². The number of piperidine rings is 1. The van der Waals surface area contributed by atoms with E-state index in [0.29, 0.717) is 13.0 Å². The highest BCUT2D eigenvalue weighted by Gasteiger charge is 2.42. The van der Waals surface area contributed by atoms with Gasteiger partial charge in [-0.1, -0.05) is 6.07 Å². The van der Waals surface area contributed by atoms with E-state index >= 15 is 0 Å². The average molecular weight is 527 g/mol. The van der Waals surface area contributed by atoms with Gasteiger partial charge in [-0.15, -0.1) is 24.0 Å². The van der Waals surface area contributed by atoms with Crippen molar-refractivity contribution in [3.05, 3.63) is 23.9 Å². The fourth-order valence-electron chi connectivity index (χ4n) is 4.81. The highest BCUT2D eigenvalue weighted by Crippen LogP contribution is 2.36. The number of hydrogen-bond donors (Lipinski definition) is 2. The molecule has 0 saturated carbocycles. The number of nitrogens with one attached hydrogen (secondary N) is 2. The summed E-state index contributed by atoms with van der Waals surface area (Å²) in [4.78, 5) is 28.1. The molecule has 9 heteroatoms. The lowest BCUT2D eigenvalue weighted by Crippen LogP contribution is -2.51. The summed E-state index contributed by atoms with van der Waals surface area (Å²) in [5.41, 5.74) is 1.26. The molecule has 2 N–H and O–H groups in total. The maximum absolute atomic E-state index is 11.8. The number of pyridine rings is 1. The van der Waals surface area contributed by atoms with E-state index in [-0.39, 0.29) is 35.3 Å². The van der Waals surface area contributed by atoms with Crippen LogP contribution in [0.3, 0.4) is 0 Å². The average Bonchev–Trinajstić information content (AvgIpc) is 3.09. The van der Waals surface area contributed by atoms with Crippen LogP contribution in [0, 0.1) is 5.41 Å². The smallest absolute Gasteiger partial charge is 0.220 e. The number of carbonyl (C=O) groups excluding carboxylic acids is 1. The number of aromatic nitrogens is 1. The Bertz CT molecular complexity index is 765. The van der Waals surface area contributed by atoms with Crippen molar-refractivity contribution in [3.8, 4) is 0 Å². The largest absolute Gasteiger partial charge is 0.355 e. The maximum Gasteiger partial charge on any atom is 0.220 e. The summed E-state index contributed by atoms with van der Waals surface area (Å²) in [5.74, 6) is 2.17. The van der Waals surface area contributed by atoms with E-state index in [1.54, 1.807) is 0 Å². The first-order valence-corrected chi connectivity index (χ1v) is 10.7. The van der Waals surface area contributed by atoms with Crippen LogP contribution in [0.15, 0.2) is 23.3 Å². The number of guanidine groups is 1. The Kier molecular flexibility index (Phi) is 7.78. The molecule has 3 fully saturated rings. The standard InChI is InChI=1S/C21H33N7O.HI/c1-22-20(28-8-4-6-21(16-28)13-18(29)25-15-21)24-14-17-5-3-7-23-19(17)27-11-9-26(2)10-12-27;/h3,5,7H,4,6,8-16H2,1-2H3,(H,22,24)(H,25,29);1H. The van der Waals surface area contributed by atoms with Crippen molar-refractivity contribution >= 4 is 41.7 Å². The van der Waals surface area contributed by atoms with E-state index in [2.05, 4.69) is 48.4 Å². The molecule has 1 unspecified atom stereocenters. The third kappa shape index (κ3) is 5.16. The second-order valence-electron chi connectivity index (χ2n) is 8.66. The summed E-state index contributed by atoms with van der Waals surface area (Å²) in [7, 11) is 4.01. The number of hydrogen-bond acceptors (Lipinski definition) is 5. The number of anilines is 1. The van der Waals surface area contributed by atoms with Gasteiger partial charge in [0.05, 0.1) is 0 Å². The van der Waals surface area contributed by atoms with E-state index in [9.17, 15) is 4.79 Å². The quantitative estimate of drug-likeness (QED) is 0.349. The molecule has 166 valence electrons. The lowest BCUT2D eigenvalue weighted by Gasteiger charge is -2.41. The van der Waals surface area contributed by atoms with Gasteiger partial charge in [0.2, 0.25) is 5.91 Å². The molecule has 0 aliphatic carbocycles. The van der Waals surface area contributed by atoms with Crippen LogP contribution in [0.1, 0.15) is 24.8 Å². The molecule has 8 nitrogen and oxygen atoms in total. The van der Waals surface area contributed by atoms with E-state index in [1.807, 2.05) is 19.3 Å². The molecule has 3 saturated heterocycles. The Labute approximate surface area is 196 Å². The minimum absolute atomic E-state index is 0. The second-order valence-corrected chi connectivity index (χ2v) is 8.66. The molecule has 1 spiro atoms. The van der Waals surface area contributed by atoms with Crippen LogP contribution in [-0.4, -0.2) is 86.6 Å². The van der Waals surface area contributed by atoms with Crippen LogP contribution in [-0.2, 0) is 11.3 Å². The van der Waals surface area contributed by atoms with Crippen molar-refractivity contribution in [3.63, 3.8) is 0 Å². The number of amides is 1. The molecular formula is C21H34IN7O. The number of likely N-dealkylation sites (tertiary alicyclic amines) is 1. The Morgan fingerprint density at radius 1 is 1.30 bits per heavy atom. The van der Waals surface area contributed by atoms with Gasteiger partial charge < -0.3 is 25.3 Å². The number of piperazine rings is 1. The Balaban J connectivity index is 0.00000256. The zero-order valence-electron chi connectivity index (χ0n) is 18.1. The Morgan fingerprint density at radius 3 is 2.80 bits per heavy atom. The van der Waals surface area contributed by atoms with E-state index < -0.39 is 0 Å². The van der Waals surface area contributed by atoms with Gasteiger partial charge >= 0.3 is 0 Å². The molecule has 4 rings (SSSR count). The minimum atomic E-state index is 0. The monoisotopic (exact) mass is 527 g/mol. The maximum atomic E-state index is 11.8. The first kappa shape index (κ1) is 23.1. The SMILES string of the molecule is CN=C(NCc1cccnc1N1CCN(C)CC1)N1CCCC2(CNC(=O)C2)C1.I. The third-order valence-corrected chi connectivity index (χ3v) is 6.48. The minimum Gasteiger partial charge on any atom is -0.355 e. The molecule has 3 aliphatic heterocycles. The summed E-state index contributed by atoms with van der Waals surface area (Å²) >= 11 is 0. The molecular weight excluding hydrogens is 493 g/mol. The van der Waals surface area contributed by atoms with Crippen LogP contribution in [0.25, 0.3) is 0 Å². The van der Waals surface area contributed by atoms with Crippen molar-refractivity contribution in [2.24, 2.45) is 10.4 Å². The predicted octanol–water partition coefficient (Wildman–Crippen LogP) is 1.13. The van der Waals surface area contributed by atoms with Crippen molar-refractivity contribution in [1.29, 1.82) is 0 Å². The molecule has 1 aromatic rings. The van der Waals surface area contributed by atoms with Crippen molar-refractivity contribution in [2.75, 3.05) is 64.8 Å². The van der Waals surface area contributed by atoms with Crippen LogP contribution in [0.2, 0.25) is 0 Å². The normalized spacial score (nSPS) is 25.3. The van der Waals surface area contributed by atoms with Gasteiger partial charge in [-0.2, -0.15) is 0 Å². The van der Waals surface area contributed by atoms with E-state index in [0.717, 1.165) is 70.4 Å². The van der Waals surface area contributed by atoms with Crippen LogP contribution >= 0.6 is 24.0 Å². The topological polar surface area (TPSA) is 76.1 Å². The zero-order valence-corrected chi connectivity index (χ0v) is 20.4. The fraction of sp³-hybridized carbons (Fsp3) is 0.667. The number of carbonyl (C=O) groups is 1. The highest BCUT2D eigenvalue weighted by molar-refractivity contribution is 14.0. The molecule has 1 amide bonds. The third-order valence-electron chi connectivity index (χ3n) is 6.48. The molecule has 0 radical (unpaired) electrons. The Morgan fingerprint density at radius 2 is 2.10 bits per heavy atom. The summed E-state index contributed by atoms with van der Waals surface area (Å²) in [6, 6.07) is 4.16. The molecule has 1 atom stereocenters. The molecule has 0 bridgehead atoms. The summed E-state index contributed by atoms with van der Waals surface area (Å²) in [6.07, 6.45) is 4.71. The number of rotatable bonds is 3. The van der Waals surface area contributed by atoms with Crippen LogP contribution in [0.4, 0.5) is 5.82 Å². The second kappa shape index (κ2) is 10.1. The molecule has 0 aromatic carbocycles. The van der Waals surface area contributed by atoms with Gasteiger partial charge in [-0.25, -0.2) is 4.98 Å². The first-order valence-electron chi connectivity index (χ1n) is 10.7. The lowest BCUT2D eigenvalue weighted by atomic mass is 9.79. The van der Waals surface area contributed by atoms with Crippen molar-refractivity contribution in [2.45, 2.75) is 25.8 Å². The van der Waals surface area contributed by atoms with Crippen LogP contribution in [0.5, 0.6) is 0 Å². The summed E-state index contributed by atoms with van der Waals surface area (Å²) in [5, 5.41) is 6.57. The van der Waals surface area contributed by atoms with Gasteiger partial charge in [0.1, 0.15) is 5.82 Å². The number of aliphatic imine (C=N–C) groups is 1. The van der Waals surface area contributed by atoms with Crippen molar-refractivity contribution < 1.29 is 4.79 Å².